The normalized spacial score (nSPS) is 27.0. The molecule has 2 aliphatic rings. The van der Waals surface area contributed by atoms with Gasteiger partial charge >= 0.3 is 0 Å². The number of hydrogen-bond acceptors (Lipinski definition) is 4. The predicted octanol–water partition coefficient (Wildman–Crippen LogP) is 2.26. The van der Waals surface area contributed by atoms with Crippen molar-refractivity contribution in [3.8, 4) is 5.75 Å². The fourth-order valence-corrected chi connectivity index (χ4v) is 3.39. The van der Waals surface area contributed by atoms with E-state index in [1.54, 1.807) is 32.9 Å². The first-order chi connectivity index (χ1) is 9.73. The number of carbonyl (C=O) groups is 2. The Balaban J connectivity index is 2.27. The number of fused-ring (bicyclic) bond motifs is 3. The minimum atomic E-state index is -1.10. The molecule has 0 aromatic heterocycles. The average molecular weight is 286 g/mol. The third kappa shape index (κ3) is 1.86. The van der Waals surface area contributed by atoms with E-state index in [2.05, 4.69) is 0 Å². The van der Waals surface area contributed by atoms with E-state index in [-0.39, 0.29) is 29.7 Å². The molecule has 21 heavy (non-hydrogen) atoms. The molecule has 2 aliphatic carbocycles. The highest BCUT2D eigenvalue weighted by molar-refractivity contribution is 6.10. The topological polar surface area (TPSA) is 74.6 Å². The Hall–Kier alpha value is -1.94. The number of phenols is 1. The zero-order chi connectivity index (χ0) is 15.5. The first-order valence-corrected chi connectivity index (χ1v) is 7.04. The van der Waals surface area contributed by atoms with Gasteiger partial charge in [-0.2, -0.15) is 0 Å². The van der Waals surface area contributed by atoms with Gasteiger partial charge in [0.25, 0.3) is 0 Å². The number of ketones is 2. The number of aromatic hydroxyl groups is 1. The van der Waals surface area contributed by atoms with Gasteiger partial charge in [-0.15, -0.1) is 0 Å². The van der Waals surface area contributed by atoms with Crippen LogP contribution in [0.1, 0.15) is 41.8 Å². The molecule has 3 rings (SSSR count). The van der Waals surface area contributed by atoms with Crippen LogP contribution in [0.5, 0.6) is 5.75 Å². The van der Waals surface area contributed by atoms with Crippen molar-refractivity contribution in [1.82, 2.24) is 0 Å². The summed E-state index contributed by atoms with van der Waals surface area (Å²) in [6.45, 7) is 5.35. The zero-order valence-corrected chi connectivity index (χ0v) is 12.3. The molecule has 0 aliphatic heterocycles. The van der Waals surface area contributed by atoms with E-state index in [4.69, 9.17) is 0 Å². The number of hydrogen-bond donors (Lipinski definition) is 2. The first kappa shape index (κ1) is 14.0. The van der Waals surface area contributed by atoms with Crippen molar-refractivity contribution >= 4 is 17.1 Å². The largest absolute Gasteiger partial charge is 0.508 e. The molecular weight excluding hydrogens is 268 g/mol. The molecule has 0 amide bonds. The first-order valence-electron chi connectivity index (χ1n) is 7.04. The van der Waals surface area contributed by atoms with E-state index in [0.29, 0.717) is 16.7 Å². The summed E-state index contributed by atoms with van der Waals surface area (Å²) >= 11 is 0. The molecule has 0 saturated heterocycles. The van der Waals surface area contributed by atoms with Crippen LogP contribution in [0.25, 0.3) is 5.57 Å². The van der Waals surface area contributed by atoms with Crippen LogP contribution in [0.15, 0.2) is 18.2 Å². The van der Waals surface area contributed by atoms with Gasteiger partial charge in [-0.25, -0.2) is 0 Å². The van der Waals surface area contributed by atoms with Gasteiger partial charge in [0.15, 0.2) is 11.6 Å². The minimum Gasteiger partial charge on any atom is -0.508 e. The summed E-state index contributed by atoms with van der Waals surface area (Å²) in [5, 5.41) is 20.0. The summed E-state index contributed by atoms with van der Waals surface area (Å²) in [5.74, 6) is -0.455. The van der Waals surface area contributed by atoms with E-state index in [9.17, 15) is 19.8 Å². The number of phenolic OH excluding ortho intramolecular Hbond substituents is 1. The Bertz CT molecular complexity index is 697. The Morgan fingerprint density at radius 2 is 1.86 bits per heavy atom. The third-order valence-corrected chi connectivity index (χ3v) is 4.88. The molecule has 2 atom stereocenters. The maximum Gasteiger partial charge on any atom is 0.184 e. The van der Waals surface area contributed by atoms with Crippen molar-refractivity contribution < 1.29 is 19.8 Å². The second kappa shape index (κ2) is 4.28. The minimum absolute atomic E-state index is 0.00938. The van der Waals surface area contributed by atoms with E-state index < -0.39 is 11.5 Å². The van der Waals surface area contributed by atoms with Gasteiger partial charge in [0.2, 0.25) is 0 Å². The van der Waals surface area contributed by atoms with E-state index >= 15 is 0 Å². The molecule has 0 bridgehead atoms. The molecule has 1 aromatic carbocycles. The molecule has 0 spiro atoms. The maximum atomic E-state index is 12.4. The molecule has 0 saturated carbocycles. The lowest BCUT2D eigenvalue weighted by Gasteiger charge is -2.44. The summed E-state index contributed by atoms with van der Waals surface area (Å²) in [4.78, 5) is 24.4. The Kier molecular flexibility index (Phi) is 2.85. The van der Waals surface area contributed by atoms with Gasteiger partial charge in [0, 0.05) is 17.4 Å². The second-order valence-corrected chi connectivity index (χ2v) is 6.59. The van der Waals surface area contributed by atoms with Crippen molar-refractivity contribution in [2.24, 2.45) is 11.3 Å². The van der Waals surface area contributed by atoms with Crippen LogP contribution in [-0.2, 0) is 4.79 Å². The van der Waals surface area contributed by atoms with E-state index in [1.165, 1.54) is 6.08 Å². The molecule has 0 radical (unpaired) electrons. The van der Waals surface area contributed by atoms with E-state index in [0.717, 1.165) is 5.57 Å². The summed E-state index contributed by atoms with van der Waals surface area (Å²) in [6, 6.07) is 3.23. The number of allylic oxidation sites excluding steroid dienone is 1. The van der Waals surface area contributed by atoms with Gasteiger partial charge in [-0.3, -0.25) is 9.59 Å². The number of aliphatic hydroxyl groups excluding tert-OH is 1. The quantitative estimate of drug-likeness (QED) is 0.767. The summed E-state index contributed by atoms with van der Waals surface area (Å²) in [6.07, 6.45) is 0.612. The van der Waals surface area contributed by atoms with E-state index in [1.807, 2.05) is 0 Å². The number of Topliss-reactive ketones (excluding diaryl/α,β-unsaturated/α-hetero) is 1. The van der Waals surface area contributed by atoms with Gasteiger partial charge in [-0.05, 0) is 47.8 Å². The molecule has 1 aromatic rings. The third-order valence-electron chi connectivity index (χ3n) is 4.88. The standard InChI is InChI=1S/C17H18O4/c1-8-4-11-9(5-13(8)18)10-6-15(20)16(21)17(2,3)12(10)7-14(11)19/h4-6,12,16,18,21H,7H2,1-3H3/t12?,16-/m1/s1. The Morgan fingerprint density at radius 1 is 1.19 bits per heavy atom. The lowest BCUT2D eigenvalue weighted by Crippen LogP contribution is -2.47. The average Bonchev–Trinajstić information content (AvgIpc) is 2.41. The van der Waals surface area contributed by atoms with Crippen LogP contribution < -0.4 is 0 Å². The molecule has 0 heterocycles. The highest BCUT2D eigenvalue weighted by Gasteiger charge is 2.48. The molecule has 0 fully saturated rings. The SMILES string of the molecule is Cc1cc2c(cc1O)C1=CC(=O)[C@@H](O)C(C)(C)C1CC2=O. The summed E-state index contributed by atoms with van der Waals surface area (Å²) in [7, 11) is 0. The second-order valence-electron chi connectivity index (χ2n) is 6.59. The summed E-state index contributed by atoms with van der Waals surface area (Å²) < 4.78 is 0. The van der Waals surface area contributed by atoms with Gasteiger partial charge in [0.1, 0.15) is 11.9 Å². The number of benzene rings is 1. The fourth-order valence-electron chi connectivity index (χ4n) is 3.39. The molecule has 2 N–H and O–H groups in total. The molecule has 4 nitrogen and oxygen atoms in total. The van der Waals surface area contributed by atoms with Crippen molar-refractivity contribution in [1.29, 1.82) is 0 Å². The fraction of sp³-hybridized carbons (Fsp3) is 0.412. The maximum absolute atomic E-state index is 12.4. The van der Waals surface area contributed by atoms with Crippen molar-refractivity contribution in [3.05, 3.63) is 34.9 Å². The van der Waals surface area contributed by atoms with Gasteiger partial charge in [0.05, 0.1) is 0 Å². The smallest absolute Gasteiger partial charge is 0.184 e. The lowest BCUT2D eigenvalue weighted by atomic mass is 9.60. The Morgan fingerprint density at radius 3 is 2.52 bits per heavy atom. The monoisotopic (exact) mass is 286 g/mol. The molecular formula is C17H18O4. The van der Waals surface area contributed by atoms with Crippen LogP contribution in [-0.4, -0.2) is 27.9 Å². The number of carbonyl (C=O) groups excluding carboxylic acids is 2. The van der Waals surface area contributed by atoms with Crippen LogP contribution in [0.4, 0.5) is 0 Å². The van der Waals surface area contributed by atoms with Crippen molar-refractivity contribution in [2.75, 3.05) is 0 Å². The van der Waals surface area contributed by atoms with Crippen LogP contribution in [0, 0.1) is 18.3 Å². The molecule has 1 unspecified atom stereocenters. The lowest BCUT2D eigenvalue weighted by molar-refractivity contribution is -0.130. The molecule has 4 heteroatoms. The highest BCUT2D eigenvalue weighted by Crippen LogP contribution is 2.50. The predicted molar refractivity (Wildman–Crippen MR) is 78.1 cm³/mol. The highest BCUT2D eigenvalue weighted by atomic mass is 16.3. The number of aryl methyl sites for hydroxylation is 1. The summed E-state index contributed by atoms with van der Waals surface area (Å²) in [5.41, 5.74) is 1.86. The number of rotatable bonds is 0. The van der Waals surface area contributed by atoms with Crippen molar-refractivity contribution in [3.63, 3.8) is 0 Å². The van der Waals surface area contributed by atoms with Crippen LogP contribution in [0.2, 0.25) is 0 Å². The molecule has 110 valence electrons. The van der Waals surface area contributed by atoms with Gasteiger partial charge < -0.3 is 10.2 Å². The van der Waals surface area contributed by atoms with Gasteiger partial charge in [-0.1, -0.05) is 13.8 Å². The van der Waals surface area contributed by atoms with Crippen LogP contribution >= 0.6 is 0 Å². The zero-order valence-electron chi connectivity index (χ0n) is 12.3. The number of aliphatic hydroxyl groups is 1. The Labute approximate surface area is 123 Å². The van der Waals surface area contributed by atoms with Crippen LogP contribution in [0.3, 0.4) is 0 Å². The van der Waals surface area contributed by atoms with Crippen molar-refractivity contribution in [2.45, 2.75) is 33.3 Å².